The van der Waals surface area contributed by atoms with Crippen molar-refractivity contribution in [3.05, 3.63) is 40.2 Å². The highest BCUT2D eigenvalue weighted by Gasteiger charge is 2.14. The molecule has 102 valence electrons. The number of fused-ring (bicyclic) bond motifs is 1. The van der Waals surface area contributed by atoms with Gasteiger partial charge >= 0.3 is 5.97 Å². The van der Waals surface area contributed by atoms with Gasteiger partial charge in [0.25, 0.3) is 0 Å². The second-order valence-electron chi connectivity index (χ2n) is 4.32. The van der Waals surface area contributed by atoms with Gasteiger partial charge in [-0.15, -0.1) is 11.3 Å². The van der Waals surface area contributed by atoms with Crippen LogP contribution in [0.4, 0.5) is 0 Å². The molecule has 0 radical (unpaired) electrons. The number of imidazole rings is 1. The Hall–Kier alpha value is -1.66. The van der Waals surface area contributed by atoms with Crippen LogP contribution < -0.4 is 0 Å². The lowest BCUT2D eigenvalue weighted by Crippen LogP contribution is -2.05. The van der Waals surface area contributed by atoms with Crippen LogP contribution in [0.15, 0.2) is 40.2 Å². The van der Waals surface area contributed by atoms with Crippen molar-refractivity contribution in [3.8, 4) is 10.7 Å². The second kappa shape index (κ2) is 5.38. The number of halogens is 1. The molecule has 0 aliphatic rings. The largest absolute Gasteiger partial charge is 0.481 e. The number of hydrogen-bond donors (Lipinski definition) is 1. The van der Waals surface area contributed by atoms with Gasteiger partial charge < -0.3 is 9.67 Å². The van der Waals surface area contributed by atoms with Crippen molar-refractivity contribution in [2.24, 2.45) is 0 Å². The molecule has 1 aromatic carbocycles. The fourth-order valence-corrected chi connectivity index (χ4v) is 3.52. The van der Waals surface area contributed by atoms with Crippen LogP contribution in [0.1, 0.15) is 6.42 Å². The molecule has 0 unspecified atom stereocenters. The van der Waals surface area contributed by atoms with E-state index >= 15 is 0 Å². The molecular formula is C14H11BrN2O2S. The Bertz CT molecular complexity index is 778. The first kappa shape index (κ1) is 13.3. The smallest absolute Gasteiger partial charge is 0.305 e. The normalized spacial score (nSPS) is 11.1. The molecule has 0 aliphatic carbocycles. The number of rotatable bonds is 4. The summed E-state index contributed by atoms with van der Waals surface area (Å²) in [6, 6.07) is 11.8. The van der Waals surface area contributed by atoms with Crippen molar-refractivity contribution in [2.45, 2.75) is 13.0 Å². The van der Waals surface area contributed by atoms with E-state index in [2.05, 4.69) is 20.9 Å². The molecule has 6 heteroatoms. The minimum atomic E-state index is -0.805. The minimum Gasteiger partial charge on any atom is -0.481 e. The first-order valence-corrected chi connectivity index (χ1v) is 7.69. The summed E-state index contributed by atoms with van der Waals surface area (Å²) in [7, 11) is 0. The molecule has 0 aliphatic heterocycles. The van der Waals surface area contributed by atoms with Crippen LogP contribution in [0.3, 0.4) is 0 Å². The maximum Gasteiger partial charge on any atom is 0.305 e. The number of carboxylic acid groups (broad SMARTS) is 1. The Balaban J connectivity index is 2.14. The predicted octanol–water partition coefficient (Wildman–Crippen LogP) is 4.00. The summed E-state index contributed by atoms with van der Waals surface area (Å²) in [4.78, 5) is 16.5. The van der Waals surface area contributed by atoms with Crippen molar-refractivity contribution in [2.75, 3.05) is 0 Å². The van der Waals surface area contributed by atoms with Crippen LogP contribution in [0.5, 0.6) is 0 Å². The van der Waals surface area contributed by atoms with Gasteiger partial charge in [0.2, 0.25) is 0 Å². The highest BCUT2D eigenvalue weighted by atomic mass is 79.9. The van der Waals surface area contributed by atoms with E-state index in [9.17, 15) is 4.79 Å². The van der Waals surface area contributed by atoms with Crippen LogP contribution in [-0.2, 0) is 11.3 Å². The van der Waals surface area contributed by atoms with E-state index in [4.69, 9.17) is 5.11 Å². The van der Waals surface area contributed by atoms with Gasteiger partial charge in [-0.2, -0.15) is 0 Å². The first-order chi connectivity index (χ1) is 9.65. The van der Waals surface area contributed by atoms with Crippen molar-refractivity contribution in [1.82, 2.24) is 9.55 Å². The summed E-state index contributed by atoms with van der Waals surface area (Å²) in [5.41, 5.74) is 1.85. The summed E-state index contributed by atoms with van der Waals surface area (Å²) < 4.78 is 3.01. The Morgan fingerprint density at radius 3 is 2.80 bits per heavy atom. The Morgan fingerprint density at radius 1 is 1.30 bits per heavy atom. The van der Waals surface area contributed by atoms with E-state index in [-0.39, 0.29) is 6.42 Å². The number of benzene rings is 1. The number of aliphatic carboxylic acids is 1. The minimum absolute atomic E-state index is 0.0832. The zero-order valence-electron chi connectivity index (χ0n) is 10.4. The van der Waals surface area contributed by atoms with Crippen molar-refractivity contribution in [1.29, 1.82) is 0 Å². The van der Waals surface area contributed by atoms with E-state index in [1.807, 2.05) is 41.0 Å². The molecule has 0 amide bonds. The lowest BCUT2D eigenvalue weighted by atomic mass is 10.3. The summed E-state index contributed by atoms with van der Waals surface area (Å²) in [6.07, 6.45) is 0.0832. The third kappa shape index (κ3) is 2.48. The molecule has 2 heterocycles. The average Bonchev–Trinajstić information content (AvgIpc) is 2.99. The SMILES string of the molecule is O=C(O)CCn1c(-c2ccc(Br)s2)nc2ccccc21. The molecule has 0 fully saturated rings. The summed E-state index contributed by atoms with van der Waals surface area (Å²) in [6.45, 7) is 0.417. The number of nitrogens with zero attached hydrogens (tertiary/aromatic N) is 2. The maximum absolute atomic E-state index is 10.8. The van der Waals surface area contributed by atoms with Crippen LogP contribution in [0.25, 0.3) is 21.7 Å². The molecule has 3 aromatic rings. The van der Waals surface area contributed by atoms with Gasteiger partial charge in [0.05, 0.1) is 26.1 Å². The molecule has 20 heavy (non-hydrogen) atoms. The molecular weight excluding hydrogens is 340 g/mol. The lowest BCUT2D eigenvalue weighted by Gasteiger charge is -2.06. The van der Waals surface area contributed by atoms with E-state index < -0.39 is 5.97 Å². The fourth-order valence-electron chi connectivity index (χ4n) is 2.13. The van der Waals surface area contributed by atoms with Crippen molar-refractivity contribution < 1.29 is 9.90 Å². The number of aromatic nitrogens is 2. The van der Waals surface area contributed by atoms with Crippen LogP contribution in [0.2, 0.25) is 0 Å². The topological polar surface area (TPSA) is 55.1 Å². The molecule has 4 nitrogen and oxygen atoms in total. The fraction of sp³-hybridized carbons (Fsp3) is 0.143. The molecule has 0 saturated heterocycles. The number of thiophene rings is 1. The van der Waals surface area contributed by atoms with E-state index in [1.165, 1.54) is 0 Å². The average molecular weight is 351 g/mol. The zero-order valence-corrected chi connectivity index (χ0v) is 12.8. The third-order valence-corrected chi connectivity index (χ3v) is 4.62. The first-order valence-electron chi connectivity index (χ1n) is 6.08. The molecule has 0 atom stereocenters. The van der Waals surface area contributed by atoms with Crippen molar-refractivity contribution in [3.63, 3.8) is 0 Å². The highest BCUT2D eigenvalue weighted by molar-refractivity contribution is 9.11. The van der Waals surface area contributed by atoms with Crippen LogP contribution in [-0.4, -0.2) is 20.6 Å². The Kier molecular flexibility index (Phi) is 3.58. The number of para-hydroxylation sites is 2. The van der Waals surface area contributed by atoms with Gasteiger partial charge in [-0.05, 0) is 40.2 Å². The number of hydrogen-bond acceptors (Lipinski definition) is 3. The molecule has 0 bridgehead atoms. The van der Waals surface area contributed by atoms with Gasteiger partial charge in [-0.3, -0.25) is 4.79 Å². The summed E-state index contributed by atoms with van der Waals surface area (Å²) in [5.74, 6) is 0.0178. The quantitative estimate of drug-likeness (QED) is 0.773. The zero-order chi connectivity index (χ0) is 14.1. The number of carbonyl (C=O) groups is 1. The van der Waals surface area contributed by atoms with Gasteiger partial charge in [0.15, 0.2) is 5.82 Å². The predicted molar refractivity (Wildman–Crippen MR) is 83.0 cm³/mol. The maximum atomic E-state index is 10.8. The van der Waals surface area contributed by atoms with Gasteiger partial charge in [0, 0.05) is 6.54 Å². The Labute approximate surface area is 127 Å². The second-order valence-corrected chi connectivity index (χ2v) is 6.79. The molecule has 0 saturated carbocycles. The van der Waals surface area contributed by atoms with E-state index in [1.54, 1.807) is 11.3 Å². The molecule has 3 rings (SSSR count). The molecule has 2 aromatic heterocycles. The van der Waals surface area contributed by atoms with Gasteiger partial charge in [-0.1, -0.05) is 12.1 Å². The third-order valence-electron chi connectivity index (χ3n) is 3.00. The Morgan fingerprint density at radius 2 is 2.10 bits per heavy atom. The van der Waals surface area contributed by atoms with E-state index in [0.717, 1.165) is 25.5 Å². The molecule has 1 N–H and O–H groups in total. The number of aryl methyl sites for hydroxylation is 1. The standard InChI is InChI=1S/C14H11BrN2O2S/c15-12-6-5-11(20-12)14-16-9-3-1-2-4-10(9)17(14)8-7-13(18)19/h1-6H,7-8H2,(H,18,19). The highest BCUT2D eigenvalue weighted by Crippen LogP contribution is 2.32. The molecule has 0 spiro atoms. The lowest BCUT2D eigenvalue weighted by molar-refractivity contribution is -0.137. The van der Waals surface area contributed by atoms with Crippen LogP contribution in [0, 0.1) is 0 Å². The summed E-state index contributed by atoms with van der Waals surface area (Å²) in [5, 5.41) is 8.91. The van der Waals surface area contributed by atoms with Crippen LogP contribution >= 0.6 is 27.3 Å². The number of carboxylic acids is 1. The summed E-state index contributed by atoms with van der Waals surface area (Å²) >= 11 is 5.04. The monoisotopic (exact) mass is 350 g/mol. The van der Waals surface area contributed by atoms with E-state index in [0.29, 0.717) is 6.54 Å². The van der Waals surface area contributed by atoms with Gasteiger partial charge in [0.1, 0.15) is 0 Å². The van der Waals surface area contributed by atoms with Crippen molar-refractivity contribution >= 4 is 44.3 Å². The van der Waals surface area contributed by atoms with Gasteiger partial charge in [-0.25, -0.2) is 4.98 Å².